The maximum atomic E-state index is 12.0. The van der Waals surface area contributed by atoms with E-state index in [1.165, 1.54) is 25.3 Å². The van der Waals surface area contributed by atoms with Crippen LogP contribution in [0.4, 0.5) is 0 Å². The first-order valence-corrected chi connectivity index (χ1v) is 8.02. The van der Waals surface area contributed by atoms with Crippen molar-refractivity contribution in [2.24, 2.45) is 5.73 Å². The number of nitrogens with two attached hydrogens (primary N) is 1. The first-order chi connectivity index (χ1) is 9.65. The van der Waals surface area contributed by atoms with Gasteiger partial charge in [-0.2, -0.15) is 0 Å². The van der Waals surface area contributed by atoms with Gasteiger partial charge in [-0.05, 0) is 18.2 Å². The Labute approximate surface area is 127 Å². The van der Waals surface area contributed by atoms with Crippen molar-refractivity contribution in [3.05, 3.63) is 28.8 Å². The molecule has 9 heteroatoms. The minimum absolute atomic E-state index is 0.00489. The number of primary amides is 1. The molecule has 7 nitrogen and oxygen atoms in total. The van der Waals surface area contributed by atoms with E-state index in [0.717, 1.165) is 6.26 Å². The number of halogens is 1. The van der Waals surface area contributed by atoms with E-state index in [0.29, 0.717) is 0 Å². The molecule has 0 aromatic heterocycles. The molecule has 1 aromatic carbocycles. The van der Waals surface area contributed by atoms with E-state index in [2.05, 4.69) is 5.32 Å². The molecule has 0 saturated carbocycles. The number of benzene rings is 1. The first kappa shape index (κ1) is 17.4. The lowest BCUT2D eigenvalue weighted by Gasteiger charge is -2.14. The van der Waals surface area contributed by atoms with Gasteiger partial charge in [-0.25, -0.2) is 8.42 Å². The second kappa shape index (κ2) is 6.88. The average Bonchev–Trinajstić information content (AvgIpc) is 2.36. The van der Waals surface area contributed by atoms with Gasteiger partial charge in [-0.1, -0.05) is 11.6 Å². The van der Waals surface area contributed by atoms with Crippen molar-refractivity contribution in [3.63, 3.8) is 0 Å². The van der Waals surface area contributed by atoms with Crippen molar-refractivity contribution in [2.75, 3.05) is 20.0 Å². The molecule has 1 atom stereocenters. The molecule has 0 bridgehead atoms. The van der Waals surface area contributed by atoms with E-state index < -0.39 is 27.7 Å². The van der Waals surface area contributed by atoms with Crippen LogP contribution in [0.2, 0.25) is 5.02 Å². The molecule has 0 radical (unpaired) electrons. The Morgan fingerprint density at radius 2 is 2.00 bits per heavy atom. The normalized spacial score (nSPS) is 12.7. The highest BCUT2D eigenvalue weighted by Gasteiger charge is 2.20. The van der Waals surface area contributed by atoms with E-state index >= 15 is 0 Å². The number of nitrogens with one attached hydrogen (secondary N) is 1. The third kappa shape index (κ3) is 5.00. The van der Waals surface area contributed by atoms with Gasteiger partial charge in [0.1, 0.15) is 6.04 Å². The van der Waals surface area contributed by atoms with Crippen molar-refractivity contribution in [2.45, 2.75) is 10.9 Å². The second-order valence-corrected chi connectivity index (χ2v) is 6.78. The zero-order chi connectivity index (χ0) is 16.2. The number of carbonyl (C=O) groups excluding carboxylic acids is 2. The number of ether oxygens (including phenoxy) is 1. The molecule has 0 saturated heterocycles. The minimum atomic E-state index is -3.52. The SMILES string of the molecule is COC[C@H](NC(=O)c1cc(Cl)cc(S(C)(=O)=O)c1)C(N)=O. The number of sulfone groups is 1. The lowest BCUT2D eigenvalue weighted by Crippen LogP contribution is -2.47. The van der Waals surface area contributed by atoms with E-state index in [4.69, 9.17) is 22.1 Å². The Balaban J connectivity index is 3.08. The Morgan fingerprint density at radius 1 is 1.38 bits per heavy atom. The predicted octanol–water partition coefficient (Wildman–Crippen LogP) is -0.0264. The Kier molecular flexibility index (Phi) is 5.70. The fourth-order valence-electron chi connectivity index (χ4n) is 1.51. The summed E-state index contributed by atoms with van der Waals surface area (Å²) in [6.07, 6.45) is 0.998. The van der Waals surface area contributed by atoms with Crippen LogP contribution in [0.25, 0.3) is 0 Å². The highest BCUT2D eigenvalue weighted by atomic mass is 35.5. The highest BCUT2D eigenvalue weighted by Crippen LogP contribution is 2.19. The molecule has 0 aliphatic heterocycles. The summed E-state index contributed by atoms with van der Waals surface area (Å²) < 4.78 is 27.8. The van der Waals surface area contributed by atoms with Crippen molar-refractivity contribution < 1.29 is 22.7 Å². The fourth-order valence-corrected chi connectivity index (χ4v) is 2.49. The molecule has 1 aromatic rings. The molecular weight excluding hydrogens is 320 g/mol. The van der Waals surface area contributed by atoms with Gasteiger partial charge in [0.15, 0.2) is 9.84 Å². The van der Waals surface area contributed by atoms with Crippen LogP contribution in [-0.4, -0.2) is 46.2 Å². The number of hydrogen-bond acceptors (Lipinski definition) is 5. The number of rotatable bonds is 6. The summed E-state index contributed by atoms with van der Waals surface area (Å²) in [6, 6.07) is 2.66. The molecule has 21 heavy (non-hydrogen) atoms. The highest BCUT2D eigenvalue weighted by molar-refractivity contribution is 7.90. The van der Waals surface area contributed by atoms with Gasteiger partial charge in [0, 0.05) is 24.0 Å². The fraction of sp³-hybridized carbons (Fsp3) is 0.333. The molecule has 0 aliphatic rings. The monoisotopic (exact) mass is 334 g/mol. The molecular formula is C12H15ClN2O5S. The summed E-state index contributed by atoms with van der Waals surface area (Å²) in [7, 11) is -2.17. The number of hydrogen-bond donors (Lipinski definition) is 2. The Hall–Kier alpha value is -1.64. The Bertz CT molecular complexity index is 660. The van der Waals surface area contributed by atoms with Crippen molar-refractivity contribution >= 4 is 33.3 Å². The van der Waals surface area contributed by atoms with Gasteiger partial charge in [-0.15, -0.1) is 0 Å². The van der Waals surface area contributed by atoms with Crippen LogP contribution >= 0.6 is 11.6 Å². The molecule has 3 N–H and O–H groups in total. The van der Waals surface area contributed by atoms with Gasteiger partial charge in [0.2, 0.25) is 5.91 Å². The van der Waals surface area contributed by atoms with Crippen LogP contribution in [-0.2, 0) is 19.4 Å². The molecule has 2 amide bonds. The third-order valence-corrected chi connectivity index (χ3v) is 3.85. The predicted molar refractivity (Wildman–Crippen MR) is 76.9 cm³/mol. The van der Waals surface area contributed by atoms with Gasteiger partial charge in [-0.3, -0.25) is 9.59 Å². The number of methoxy groups -OCH3 is 1. The summed E-state index contributed by atoms with van der Waals surface area (Å²) in [5, 5.41) is 2.44. The van der Waals surface area contributed by atoms with Crippen LogP contribution in [0.15, 0.2) is 23.1 Å². The van der Waals surface area contributed by atoms with E-state index in [1.54, 1.807) is 0 Å². The maximum Gasteiger partial charge on any atom is 0.252 e. The van der Waals surface area contributed by atoms with Crippen LogP contribution in [0.1, 0.15) is 10.4 Å². The topological polar surface area (TPSA) is 116 Å². The summed E-state index contributed by atoms with van der Waals surface area (Å²) in [4.78, 5) is 23.1. The number of amides is 2. The van der Waals surface area contributed by atoms with Gasteiger partial charge >= 0.3 is 0 Å². The summed E-state index contributed by atoms with van der Waals surface area (Å²) in [6.45, 7) is -0.0967. The van der Waals surface area contributed by atoms with Crippen LogP contribution in [0, 0.1) is 0 Å². The maximum absolute atomic E-state index is 12.0. The average molecular weight is 335 g/mol. The minimum Gasteiger partial charge on any atom is -0.382 e. The van der Waals surface area contributed by atoms with Gasteiger partial charge < -0.3 is 15.8 Å². The second-order valence-electron chi connectivity index (χ2n) is 4.33. The number of carbonyl (C=O) groups is 2. The lowest BCUT2D eigenvalue weighted by atomic mass is 10.2. The molecule has 116 valence electrons. The molecule has 0 unspecified atom stereocenters. The Morgan fingerprint density at radius 3 is 2.48 bits per heavy atom. The van der Waals surface area contributed by atoms with Gasteiger partial charge in [0.05, 0.1) is 11.5 Å². The zero-order valence-electron chi connectivity index (χ0n) is 11.4. The smallest absolute Gasteiger partial charge is 0.252 e. The molecule has 0 fully saturated rings. The van der Waals surface area contributed by atoms with Crippen LogP contribution in [0.3, 0.4) is 0 Å². The molecule has 0 aliphatic carbocycles. The zero-order valence-corrected chi connectivity index (χ0v) is 13.0. The molecule has 0 heterocycles. The van der Waals surface area contributed by atoms with Crippen molar-refractivity contribution in [1.82, 2.24) is 5.32 Å². The van der Waals surface area contributed by atoms with E-state index in [-0.39, 0.29) is 22.1 Å². The van der Waals surface area contributed by atoms with Gasteiger partial charge in [0.25, 0.3) is 5.91 Å². The largest absolute Gasteiger partial charge is 0.382 e. The van der Waals surface area contributed by atoms with Crippen molar-refractivity contribution in [1.29, 1.82) is 0 Å². The lowest BCUT2D eigenvalue weighted by molar-refractivity contribution is -0.121. The summed E-state index contributed by atoms with van der Waals surface area (Å²) in [5.41, 5.74) is 5.13. The van der Waals surface area contributed by atoms with E-state index in [9.17, 15) is 18.0 Å². The van der Waals surface area contributed by atoms with Crippen LogP contribution < -0.4 is 11.1 Å². The summed E-state index contributed by atoms with van der Waals surface area (Å²) >= 11 is 5.80. The molecule has 1 rings (SSSR count). The van der Waals surface area contributed by atoms with Crippen LogP contribution in [0.5, 0.6) is 0 Å². The third-order valence-electron chi connectivity index (χ3n) is 2.54. The quantitative estimate of drug-likeness (QED) is 0.758. The molecule has 0 spiro atoms. The van der Waals surface area contributed by atoms with E-state index in [1.807, 2.05) is 0 Å². The standard InChI is InChI=1S/C12H15ClN2O5S/c1-20-6-10(11(14)16)15-12(17)7-3-8(13)5-9(4-7)21(2,18)19/h3-5,10H,6H2,1-2H3,(H2,14,16)(H,15,17)/t10-/m0/s1. The first-order valence-electron chi connectivity index (χ1n) is 5.75. The summed E-state index contributed by atoms with van der Waals surface area (Å²) in [5.74, 6) is -1.45. The van der Waals surface area contributed by atoms with Crippen molar-refractivity contribution in [3.8, 4) is 0 Å².